The summed E-state index contributed by atoms with van der Waals surface area (Å²) >= 11 is 0. The van der Waals surface area contributed by atoms with E-state index in [4.69, 9.17) is 0 Å². The first-order valence-corrected chi connectivity index (χ1v) is 6.29. The van der Waals surface area contributed by atoms with Crippen LogP contribution in [-0.2, 0) is 14.8 Å². The number of nitrogens with zero attached hydrogens (tertiary/aromatic N) is 1. The highest BCUT2D eigenvalue weighted by Gasteiger charge is 2.39. The minimum atomic E-state index is -3.15. The van der Waals surface area contributed by atoms with Gasteiger partial charge in [0.15, 0.2) is 0 Å². The number of likely N-dealkylation sites (tertiary alicyclic amines) is 1. The molecule has 1 amide bonds. The quantitative estimate of drug-likeness (QED) is 0.681. The molecule has 0 unspecified atom stereocenters. The number of hydrogen-bond donors (Lipinski definition) is 1. The number of nitrogens with one attached hydrogen (secondary N) is 1. The van der Waals surface area contributed by atoms with Crippen LogP contribution in [0.3, 0.4) is 0 Å². The third-order valence-electron chi connectivity index (χ3n) is 2.64. The zero-order valence-corrected chi connectivity index (χ0v) is 8.88. The molecule has 0 aromatic rings. The van der Waals surface area contributed by atoms with Crippen molar-refractivity contribution in [2.75, 3.05) is 13.6 Å². The minimum absolute atomic E-state index is 0.00787. The van der Waals surface area contributed by atoms with Crippen molar-refractivity contribution in [3.05, 3.63) is 0 Å². The molecule has 0 radical (unpaired) electrons. The van der Waals surface area contributed by atoms with Crippen LogP contribution >= 0.6 is 0 Å². The highest BCUT2D eigenvalue weighted by atomic mass is 32.2. The van der Waals surface area contributed by atoms with Gasteiger partial charge in [0.1, 0.15) is 0 Å². The number of rotatable bonds is 3. The van der Waals surface area contributed by atoms with Crippen LogP contribution < -0.4 is 4.72 Å². The Bertz CT molecular complexity index is 348. The zero-order valence-electron chi connectivity index (χ0n) is 8.06. The lowest BCUT2D eigenvalue weighted by molar-refractivity contribution is -0.126. The van der Waals surface area contributed by atoms with Gasteiger partial charge in [-0.05, 0) is 12.8 Å². The predicted octanol–water partition coefficient (Wildman–Crippen LogP) is -0.701. The van der Waals surface area contributed by atoms with E-state index < -0.39 is 10.0 Å². The van der Waals surface area contributed by atoms with Gasteiger partial charge in [0.25, 0.3) is 0 Å². The van der Waals surface area contributed by atoms with E-state index in [1.165, 1.54) is 0 Å². The molecule has 1 N–H and O–H groups in total. The maximum atomic E-state index is 11.5. The molecule has 2 aliphatic rings. The monoisotopic (exact) mass is 218 g/mol. The first kappa shape index (κ1) is 9.92. The minimum Gasteiger partial charge on any atom is -0.344 e. The summed E-state index contributed by atoms with van der Waals surface area (Å²) in [6.45, 7) is 0.491. The van der Waals surface area contributed by atoms with Crippen LogP contribution in [0.25, 0.3) is 0 Å². The van der Waals surface area contributed by atoms with E-state index in [0.717, 1.165) is 12.8 Å². The molecule has 1 atom stereocenters. The molecule has 14 heavy (non-hydrogen) atoms. The lowest BCUT2D eigenvalue weighted by atomic mass is 10.3. The molecule has 0 aromatic heterocycles. The fourth-order valence-electron chi connectivity index (χ4n) is 1.65. The summed E-state index contributed by atoms with van der Waals surface area (Å²) < 4.78 is 25.6. The number of likely N-dealkylation sites (N-methyl/N-ethyl adjacent to an activating group) is 1. The summed E-state index contributed by atoms with van der Waals surface area (Å²) in [5, 5.41) is -0.205. The topological polar surface area (TPSA) is 66.5 Å². The molecule has 1 saturated heterocycles. The molecular formula is C8H14N2O3S. The van der Waals surface area contributed by atoms with Crippen molar-refractivity contribution in [2.24, 2.45) is 0 Å². The van der Waals surface area contributed by atoms with Crippen molar-refractivity contribution in [3.63, 3.8) is 0 Å². The Morgan fingerprint density at radius 1 is 1.43 bits per heavy atom. The normalized spacial score (nSPS) is 28.5. The maximum Gasteiger partial charge on any atom is 0.224 e. The molecule has 1 aliphatic carbocycles. The van der Waals surface area contributed by atoms with Crippen LogP contribution in [0, 0.1) is 0 Å². The average Bonchev–Trinajstić information content (AvgIpc) is 2.81. The zero-order chi connectivity index (χ0) is 10.3. The van der Waals surface area contributed by atoms with Crippen LogP contribution in [0.4, 0.5) is 0 Å². The highest BCUT2D eigenvalue weighted by molar-refractivity contribution is 7.90. The van der Waals surface area contributed by atoms with E-state index in [-0.39, 0.29) is 17.2 Å². The molecule has 0 spiro atoms. The van der Waals surface area contributed by atoms with E-state index in [0.29, 0.717) is 13.0 Å². The van der Waals surface area contributed by atoms with Crippen molar-refractivity contribution >= 4 is 15.9 Å². The van der Waals surface area contributed by atoms with Gasteiger partial charge in [-0.25, -0.2) is 13.1 Å². The molecule has 1 heterocycles. The van der Waals surface area contributed by atoms with Gasteiger partial charge >= 0.3 is 0 Å². The van der Waals surface area contributed by atoms with Crippen molar-refractivity contribution in [1.29, 1.82) is 0 Å². The van der Waals surface area contributed by atoms with Gasteiger partial charge < -0.3 is 4.90 Å². The van der Waals surface area contributed by atoms with Crippen LogP contribution in [0.5, 0.6) is 0 Å². The summed E-state index contributed by atoms with van der Waals surface area (Å²) in [5.74, 6) is 0.00787. The SMILES string of the molecule is CN1C[C@H](NS(=O)(=O)C2CC2)CC1=O. The second kappa shape index (κ2) is 3.20. The third-order valence-corrected chi connectivity index (χ3v) is 4.65. The number of carbonyl (C=O) groups is 1. The maximum absolute atomic E-state index is 11.5. The van der Waals surface area contributed by atoms with Gasteiger partial charge in [-0.2, -0.15) is 0 Å². The van der Waals surface area contributed by atoms with Gasteiger partial charge in [-0.15, -0.1) is 0 Å². The van der Waals surface area contributed by atoms with Crippen molar-refractivity contribution < 1.29 is 13.2 Å². The molecule has 0 bridgehead atoms. The Labute approximate surface area is 83.5 Å². The number of amides is 1. The van der Waals surface area contributed by atoms with E-state index in [9.17, 15) is 13.2 Å². The number of sulfonamides is 1. The van der Waals surface area contributed by atoms with Crippen molar-refractivity contribution in [1.82, 2.24) is 9.62 Å². The Morgan fingerprint density at radius 3 is 2.50 bits per heavy atom. The Kier molecular flexibility index (Phi) is 2.27. The van der Waals surface area contributed by atoms with E-state index >= 15 is 0 Å². The van der Waals surface area contributed by atoms with Crippen LogP contribution in [0.15, 0.2) is 0 Å². The van der Waals surface area contributed by atoms with Crippen molar-refractivity contribution in [2.45, 2.75) is 30.6 Å². The number of hydrogen-bond acceptors (Lipinski definition) is 3. The molecular weight excluding hydrogens is 204 g/mol. The summed E-state index contributed by atoms with van der Waals surface area (Å²) in [6.07, 6.45) is 1.81. The van der Waals surface area contributed by atoms with Crippen LogP contribution in [-0.4, -0.2) is 44.1 Å². The van der Waals surface area contributed by atoms with Crippen LogP contribution in [0.1, 0.15) is 19.3 Å². The van der Waals surface area contributed by atoms with Gasteiger partial charge in [0.2, 0.25) is 15.9 Å². The molecule has 0 aromatic carbocycles. The molecule has 2 fully saturated rings. The van der Waals surface area contributed by atoms with Gasteiger partial charge in [0, 0.05) is 26.1 Å². The summed E-state index contributed by atoms with van der Waals surface area (Å²) in [6, 6.07) is -0.224. The largest absolute Gasteiger partial charge is 0.344 e. The fraction of sp³-hybridized carbons (Fsp3) is 0.875. The first-order chi connectivity index (χ1) is 6.49. The summed E-state index contributed by atoms with van der Waals surface area (Å²) in [4.78, 5) is 12.7. The molecule has 1 aliphatic heterocycles. The van der Waals surface area contributed by atoms with Crippen molar-refractivity contribution in [3.8, 4) is 0 Å². The average molecular weight is 218 g/mol. The third kappa shape index (κ3) is 1.90. The van der Waals surface area contributed by atoms with E-state index in [1.807, 2.05) is 0 Å². The molecule has 2 rings (SSSR count). The van der Waals surface area contributed by atoms with E-state index in [2.05, 4.69) is 4.72 Å². The Balaban J connectivity index is 1.96. The summed E-state index contributed by atoms with van der Waals surface area (Å²) in [5.41, 5.74) is 0. The highest BCUT2D eigenvalue weighted by Crippen LogP contribution is 2.28. The number of carbonyl (C=O) groups excluding carboxylic acids is 1. The van der Waals surface area contributed by atoms with E-state index in [1.54, 1.807) is 11.9 Å². The molecule has 1 saturated carbocycles. The van der Waals surface area contributed by atoms with Gasteiger partial charge in [0.05, 0.1) is 5.25 Å². The second-order valence-corrected chi connectivity index (χ2v) is 6.03. The van der Waals surface area contributed by atoms with Gasteiger partial charge in [-0.1, -0.05) is 0 Å². The van der Waals surface area contributed by atoms with Crippen LogP contribution in [0.2, 0.25) is 0 Å². The van der Waals surface area contributed by atoms with Gasteiger partial charge in [-0.3, -0.25) is 4.79 Å². The molecule has 6 heteroatoms. The Hall–Kier alpha value is -0.620. The lowest BCUT2D eigenvalue weighted by Gasteiger charge is -2.11. The Morgan fingerprint density at radius 2 is 2.07 bits per heavy atom. The first-order valence-electron chi connectivity index (χ1n) is 4.74. The molecule has 5 nitrogen and oxygen atoms in total. The second-order valence-electron chi connectivity index (χ2n) is 4.04. The lowest BCUT2D eigenvalue weighted by Crippen LogP contribution is -2.38. The standard InChI is InChI=1S/C8H14N2O3S/c1-10-5-6(4-8(10)11)9-14(12,13)7-2-3-7/h6-7,9H,2-5H2,1H3/t6-/m1/s1. The smallest absolute Gasteiger partial charge is 0.224 e. The summed E-state index contributed by atoms with van der Waals surface area (Å²) in [7, 11) is -1.46. The molecule has 80 valence electrons. The predicted molar refractivity (Wildman–Crippen MR) is 51.1 cm³/mol. The fourth-order valence-corrected chi connectivity index (χ4v) is 3.22.